The number of aryl methyl sites for hydroxylation is 1. The molecule has 0 spiro atoms. The predicted molar refractivity (Wildman–Crippen MR) is 42.5 cm³/mol. The van der Waals surface area contributed by atoms with Crippen LogP contribution in [0.15, 0.2) is 10.7 Å². The molecule has 0 aliphatic rings. The summed E-state index contributed by atoms with van der Waals surface area (Å²) < 4.78 is 4.90. The van der Waals surface area contributed by atoms with E-state index in [1.807, 2.05) is 6.92 Å². The Kier molecular flexibility index (Phi) is 2.31. The second-order valence-corrected chi connectivity index (χ2v) is 2.41. The Balaban J connectivity index is 2.90. The Morgan fingerprint density at radius 2 is 2.45 bits per heavy atom. The Morgan fingerprint density at radius 3 is 2.91 bits per heavy atom. The molecule has 2 N–H and O–H groups in total. The fourth-order valence-corrected chi connectivity index (χ4v) is 0.974. The molecular weight excluding hydrogens is 142 g/mol. The molecule has 0 bridgehead atoms. The number of aldehydes is 1. The molecule has 1 heterocycles. The van der Waals surface area contributed by atoms with Crippen molar-refractivity contribution in [3.05, 3.63) is 17.6 Å². The van der Waals surface area contributed by atoms with Crippen LogP contribution in [0.1, 0.15) is 29.5 Å². The van der Waals surface area contributed by atoms with Crippen molar-refractivity contribution < 1.29 is 9.21 Å². The molecule has 0 radical (unpaired) electrons. The third-order valence-electron chi connectivity index (χ3n) is 1.57. The van der Waals surface area contributed by atoms with Crippen molar-refractivity contribution in [3.63, 3.8) is 0 Å². The molecule has 11 heavy (non-hydrogen) atoms. The minimum atomic E-state index is 0.244. The molecule has 0 aliphatic carbocycles. The number of nitrogens with two attached hydrogens (primary N) is 1. The van der Waals surface area contributed by atoms with E-state index in [4.69, 9.17) is 10.2 Å². The molecule has 0 unspecified atom stereocenters. The fourth-order valence-electron chi connectivity index (χ4n) is 0.974. The van der Waals surface area contributed by atoms with E-state index >= 15 is 0 Å². The van der Waals surface area contributed by atoms with Crippen molar-refractivity contribution in [2.45, 2.75) is 19.8 Å². The molecule has 1 aromatic rings. The van der Waals surface area contributed by atoms with Gasteiger partial charge in [0.25, 0.3) is 0 Å². The number of rotatable bonds is 3. The Hall–Kier alpha value is -1.25. The maximum absolute atomic E-state index is 10.3. The highest BCUT2D eigenvalue weighted by atomic mass is 16.3. The van der Waals surface area contributed by atoms with Crippen LogP contribution in [0.4, 0.5) is 5.69 Å². The number of furan rings is 1. The van der Waals surface area contributed by atoms with Gasteiger partial charge < -0.3 is 10.2 Å². The van der Waals surface area contributed by atoms with Crippen molar-refractivity contribution in [1.82, 2.24) is 0 Å². The summed E-state index contributed by atoms with van der Waals surface area (Å²) in [6.07, 6.45) is 4.04. The maximum atomic E-state index is 10.3. The van der Waals surface area contributed by atoms with E-state index in [1.165, 1.54) is 0 Å². The van der Waals surface area contributed by atoms with Gasteiger partial charge in [-0.3, -0.25) is 4.79 Å². The zero-order valence-electron chi connectivity index (χ0n) is 6.46. The minimum Gasteiger partial charge on any atom is -0.459 e. The summed E-state index contributed by atoms with van der Waals surface area (Å²) in [5.41, 5.74) is 6.99. The van der Waals surface area contributed by atoms with Gasteiger partial charge in [0.1, 0.15) is 0 Å². The monoisotopic (exact) mass is 153 g/mol. The molecule has 1 aromatic heterocycles. The molecule has 0 saturated carbocycles. The summed E-state index contributed by atoms with van der Waals surface area (Å²) in [4.78, 5) is 10.3. The van der Waals surface area contributed by atoms with Crippen LogP contribution in [0.25, 0.3) is 0 Å². The first-order valence-electron chi connectivity index (χ1n) is 3.60. The first kappa shape index (κ1) is 7.85. The lowest BCUT2D eigenvalue weighted by molar-refractivity contribution is 0.110. The largest absolute Gasteiger partial charge is 0.459 e. The summed E-state index contributed by atoms with van der Waals surface area (Å²) in [5.74, 6) is 0.244. The van der Waals surface area contributed by atoms with Gasteiger partial charge in [-0.05, 0) is 6.42 Å². The van der Waals surface area contributed by atoms with Gasteiger partial charge in [0.2, 0.25) is 0 Å². The third kappa shape index (κ3) is 1.42. The number of anilines is 1. The van der Waals surface area contributed by atoms with Crippen molar-refractivity contribution in [2.24, 2.45) is 0 Å². The van der Waals surface area contributed by atoms with Gasteiger partial charge in [-0.25, -0.2) is 0 Å². The molecule has 3 heteroatoms. The lowest BCUT2D eigenvalue weighted by Crippen LogP contribution is -1.92. The van der Waals surface area contributed by atoms with Gasteiger partial charge in [-0.2, -0.15) is 0 Å². The molecule has 0 fully saturated rings. The molecular formula is C8H11NO2. The molecule has 0 amide bonds. The second-order valence-electron chi connectivity index (χ2n) is 2.41. The number of hydrogen-bond acceptors (Lipinski definition) is 3. The van der Waals surface area contributed by atoms with E-state index in [2.05, 4.69) is 0 Å². The zero-order chi connectivity index (χ0) is 8.27. The number of carbonyl (C=O) groups is 1. The fraction of sp³-hybridized carbons (Fsp3) is 0.375. The summed E-state index contributed by atoms with van der Waals surface area (Å²) in [5, 5.41) is 0. The molecule has 0 atom stereocenters. The van der Waals surface area contributed by atoms with E-state index in [0.717, 1.165) is 18.4 Å². The second kappa shape index (κ2) is 3.23. The quantitative estimate of drug-likeness (QED) is 0.671. The SMILES string of the molecule is CCCc1coc(C=O)c1N. The number of hydrogen-bond donors (Lipinski definition) is 1. The van der Waals surface area contributed by atoms with E-state index in [0.29, 0.717) is 12.0 Å². The van der Waals surface area contributed by atoms with E-state index in [9.17, 15) is 4.79 Å². The third-order valence-corrected chi connectivity index (χ3v) is 1.57. The normalized spacial score (nSPS) is 9.91. The minimum absolute atomic E-state index is 0.244. The van der Waals surface area contributed by atoms with Crippen molar-refractivity contribution in [3.8, 4) is 0 Å². The molecule has 3 nitrogen and oxygen atoms in total. The molecule has 60 valence electrons. The first-order valence-corrected chi connectivity index (χ1v) is 3.60. The Labute approximate surface area is 65.2 Å². The van der Waals surface area contributed by atoms with Crippen LogP contribution in [-0.4, -0.2) is 6.29 Å². The van der Waals surface area contributed by atoms with E-state index in [1.54, 1.807) is 6.26 Å². The van der Waals surface area contributed by atoms with Crippen LogP contribution < -0.4 is 5.73 Å². The molecule has 0 aliphatic heterocycles. The summed E-state index contributed by atoms with van der Waals surface area (Å²) in [6, 6.07) is 0. The highest BCUT2D eigenvalue weighted by molar-refractivity contribution is 5.80. The summed E-state index contributed by atoms with van der Waals surface area (Å²) >= 11 is 0. The zero-order valence-corrected chi connectivity index (χ0v) is 6.46. The lowest BCUT2D eigenvalue weighted by atomic mass is 10.1. The van der Waals surface area contributed by atoms with E-state index < -0.39 is 0 Å². The summed E-state index contributed by atoms with van der Waals surface area (Å²) in [7, 11) is 0. The Bertz CT molecular complexity index is 253. The highest BCUT2D eigenvalue weighted by Crippen LogP contribution is 2.19. The summed E-state index contributed by atoms with van der Waals surface area (Å²) in [6.45, 7) is 2.05. The average molecular weight is 153 g/mol. The van der Waals surface area contributed by atoms with Crippen molar-refractivity contribution in [1.29, 1.82) is 0 Å². The van der Waals surface area contributed by atoms with Gasteiger partial charge in [0, 0.05) is 5.56 Å². The standard InChI is InChI=1S/C8H11NO2/c1-2-3-6-5-11-7(4-10)8(6)9/h4-5H,2-3,9H2,1H3. The topological polar surface area (TPSA) is 56.2 Å². The smallest absolute Gasteiger partial charge is 0.189 e. The van der Waals surface area contributed by atoms with Crippen LogP contribution >= 0.6 is 0 Å². The Morgan fingerprint density at radius 1 is 1.73 bits per heavy atom. The van der Waals surface area contributed by atoms with Crippen molar-refractivity contribution >= 4 is 12.0 Å². The van der Waals surface area contributed by atoms with Crippen LogP contribution in [0.2, 0.25) is 0 Å². The van der Waals surface area contributed by atoms with Gasteiger partial charge in [0.05, 0.1) is 12.0 Å². The van der Waals surface area contributed by atoms with Crippen LogP contribution in [0, 0.1) is 0 Å². The van der Waals surface area contributed by atoms with Crippen molar-refractivity contribution in [2.75, 3.05) is 5.73 Å². The average Bonchev–Trinajstić information content (AvgIpc) is 2.34. The van der Waals surface area contributed by atoms with Crippen LogP contribution in [-0.2, 0) is 6.42 Å². The lowest BCUT2D eigenvalue weighted by Gasteiger charge is -1.92. The highest BCUT2D eigenvalue weighted by Gasteiger charge is 2.07. The van der Waals surface area contributed by atoms with Crippen LogP contribution in [0.5, 0.6) is 0 Å². The van der Waals surface area contributed by atoms with Gasteiger partial charge in [-0.1, -0.05) is 13.3 Å². The molecule has 1 rings (SSSR count). The van der Waals surface area contributed by atoms with Gasteiger partial charge in [-0.15, -0.1) is 0 Å². The predicted octanol–water partition coefficient (Wildman–Crippen LogP) is 1.63. The first-order chi connectivity index (χ1) is 5.29. The molecule has 0 saturated heterocycles. The van der Waals surface area contributed by atoms with Crippen LogP contribution in [0.3, 0.4) is 0 Å². The van der Waals surface area contributed by atoms with E-state index in [-0.39, 0.29) is 5.76 Å². The van der Waals surface area contributed by atoms with Gasteiger partial charge >= 0.3 is 0 Å². The number of nitrogen functional groups attached to an aromatic ring is 1. The number of carbonyl (C=O) groups excluding carboxylic acids is 1. The maximum Gasteiger partial charge on any atom is 0.189 e. The molecule has 0 aromatic carbocycles. The van der Waals surface area contributed by atoms with Gasteiger partial charge in [0.15, 0.2) is 12.0 Å².